The fourth-order valence-corrected chi connectivity index (χ4v) is 2.25. The van der Waals surface area contributed by atoms with Crippen molar-refractivity contribution in [2.24, 2.45) is 5.84 Å². The molecule has 3 rings (SSSR count). The van der Waals surface area contributed by atoms with Gasteiger partial charge in [0.15, 0.2) is 5.16 Å². The van der Waals surface area contributed by atoms with Crippen molar-refractivity contribution < 1.29 is 0 Å². The zero-order valence-corrected chi connectivity index (χ0v) is 9.87. The van der Waals surface area contributed by atoms with E-state index in [0.717, 1.165) is 16.0 Å². The maximum Gasteiger partial charge on any atom is 0.171 e. The standard InChI is InChI=1S/C10H12N6S/c11-16-7-5-8(17-10-12-3-4-13-10)15-9(14-7)6-1-2-6/h3-6H,1-2,11H2,(H,12,13)(H,14,15,16). The summed E-state index contributed by atoms with van der Waals surface area (Å²) in [6.07, 6.45) is 5.83. The molecular weight excluding hydrogens is 236 g/mol. The number of anilines is 1. The van der Waals surface area contributed by atoms with Crippen LogP contribution in [0.15, 0.2) is 28.6 Å². The van der Waals surface area contributed by atoms with Gasteiger partial charge < -0.3 is 10.4 Å². The van der Waals surface area contributed by atoms with Crippen LogP contribution in [0.3, 0.4) is 0 Å². The summed E-state index contributed by atoms with van der Waals surface area (Å²) in [5.74, 6) is 7.43. The summed E-state index contributed by atoms with van der Waals surface area (Å²) in [6.45, 7) is 0. The molecule has 2 aromatic rings. The van der Waals surface area contributed by atoms with Crippen LogP contribution < -0.4 is 11.3 Å². The zero-order chi connectivity index (χ0) is 11.7. The number of hydrazine groups is 1. The van der Waals surface area contributed by atoms with Gasteiger partial charge in [-0.3, -0.25) is 0 Å². The third-order valence-electron chi connectivity index (χ3n) is 2.48. The minimum atomic E-state index is 0.499. The zero-order valence-electron chi connectivity index (χ0n) is 9.05. The van der Waals surface area contributed by atoms with E-state index in [1.165, 1.54) is 24.6 Å². The number of rotatable bonds is 4. The smallest absolute Gasteiger partial charge is 0.171 e. The second kappa shape index (κ2) is 4.34. The first-order chi connectivity index (χ1) is 8.35. The molecule has 1 saturated carbocycles. The second-order valence-corrected chi connectivity index (χ2v) is 4.87. The van der Waals surface area contributed by atoms with E-state index in [2.05, 4.69) is 25.4 Å². The number of imidazole rings is 1. The average Bonchev–Trinajstić information content (AvgIpc) is 3.09. The Labute approximate surface area is 102 Å². The highest BCUT2D eigenvalue weighted by Gasteiger charge is 2.27. The number of nitrogens with two attached hydrogens (primary N) is 1. The molecule has 4 N–H and O–H groups in total. The Bertz CT molecular complexity index is 508. The number of hydrogen-bond acceptors (Lipinski definition) is 6. The van der Waals surface area contributed by atoms with Crippen molar-refractivity contribution in [2.75, 3.05) is 5.43 Å². The van der Waals surface area contributed by atoms with Gasteiger partial charge in [-0.15, -0.1) is 0 Å². The van der Waals surface area contributed by atoms with Crippen molar-refractivity contribution in [1.29, 1.82) is 0 Å². The molecule has 2 aromatic heterocycles. The summed E-state index contributed by atoms with van der Waals surface area (Å²) in [6, 6.07) is 1.82. The van der Waals surface area contributed by atoms with Crippen LogP contribution in [0.25, 0.3) is 0 Å². The lowest BCUT2D eigenvalue weighted by Crippen LogP contribution is -2.10. The van der Waals surface area contributed by atoms with Gasteiger partial charge in [0, 0.05) is 24.4 Å². The number of aromatic amines is 1. The predicted molar refractivity (Wildman–Crippen MR) is 64.5 cm³/mol. The highest BCUT2D eigenvalue weighted by molar-refractivity contribution is 7.99. The number of nitrogens with one attached hydrogen (secondary N) is 2. The molecular formula is C10H12N6S. The van der Waals surface area contributed by atoms with E-state index >= 15 is 0 Å². The predicted octanol–water partition coefficient (Wildman–Crippen LogP) is 1.51. The van der Waals surface area contributed by atoms with Crippen LogP contribution in [0.1, 0.15) is 24.6 Å². The molecule has 0 radical (unpaired) electrons. The summed E-state index contributed by atoms with van der Waals surface area (Å²) in [7, 11) is 0. The third-order valence-corrected chi connectivity index (χ3v) is 3.32. The lowest BCUT2D eigenvalue weighted by molar-refractivity contribution is 0.875. The molecule has 7 heteroatoms. The molecule has 17 heavy (non-hydrogen) atoms. The fourth-order valence-electron chi connectivity index (χ4n) is 1.50. The highest BCUT2D eigenvalue weighted by atomic mass is 32.2. The molecule has 88 valence electrons. The van der Waals surface area contributed by atoms with E-state index in [-0.39, 0.29) is 0 Å². The molecule has 1 aliphatic rings. The molecule has 0 aliphatic heterocycles. The van der Waals surface area contributed by atoms with E-state index in [1.807, 2.05) is 6.07 Å². The quantitative estimate of drug-likeness (QED) is 0.431. The van der Waals surface area contributed by atoms with Crippen molar-refractivity contribution in [2.45, 2.75) is 28.9 Å². The van der Waals surface area contributed by atoms with E-state index in [1.54, 1.807) is 12.4 Å². The first-order valence-corrected chi connectivity index (χ1v) is 6.19. The van der Waals surface area contributed by atoms with Crippen molar-refractivity contribution in [3.63, 3.8) is 0 Å². The Hall–Kier alpha value is -1.60. The largest absolute Gasteiger partial charge is 0.339 e. The van der Waals surface area contributed by atoms with Crippen LogP contribution in [-0.2, 0) is 0 Å². The van der Waals surface area contributed by atoms with Gasteiger partial charge in [0.2, 0.25) is 0 Å². The first kappa shape index (κ1) is 10.5. The summed E-state index contributed by atoms with van der Waals surface area (Å²) in [5, 5.41) is 1.67. The average molecular weight is 248 g/mol. The fraction of sp³-hybridized carbons (Fsp3) is 0.300. The maximum absolute atomic E-state index is 5.41. The van der Waals surface area contributed by atoms with E-state index in [9.17, 15) is 0 Å². The molecule has 0 atom stereocenters. The number of hydrogen-bond donors (Lipinski definition) is 3. The SMILES string of the molecule is NNc1cc(Sc2ncc[nH]2)nc(C2CC2)n1. The Morgan fingerprint density at radius 1 is 1.41 bits per heavy atom. The van der Waals surface area contributed by atoms with Gasteiger partial charge in [0.1, 0.15) is 16.7 Å². The van der Waals surface area contributed by atoms with Crippen molar-refractivity contribution >= 4 is 17.6 Å². The summed E-state index contributed by atoms with van der Waals surface area (Å²) in [5.41, 5.74) is 2.57. The number of nitrogens with zero attached hydrogens (tertiary/aromatic N) is 3. The van der Waals surface area contributed by atoms with Gasteiger partial charge in [-0.2, -0.15) is 0 Å². The molecule has 0 aromatic carbocycles. The topological polar surface area (TPSA) is 92.5 Å². The second-order valence-electron chi connectivity index (χ2n) is 3.86. The van der Waals surface area contributed by atoms with Crippen LogP contribution in [0.2, 0.25) is 0 Å². The van der Waals surface area contributed by atoms with Crippen LogP contribution in [0.4, 0.5) is 5.82 Å². The molecule has 6 nitrogen and oxygen atoms in total. The van der Waals surface area contributed by atoms with Gasteiger partial charge >= 0.3 is 0 Å². The molecule has 2 heterocycles. The van der Waals surface area contributed by atoms with Crippen molar-refractivity contribution in [3.05, 3.63) is 24.3 Å². The summed E-state index contributed by atoms with van der Waals surface area (Å²) in [4.78, 5) is 16.0. The Balaban J connectivity index is 1.89. The van der Waals surface area contributed by atoms with E-state index in [4.69, 9.17) is 5.84 Å². The molecule has 1 fully saturated rings. The Morgan fingerprint density at radius 2 is 2.29 bits per heavy atom. The molecule has 1 aliphatic carbocycles. The lowest BCUT2D eigenvalue weighted by atomic mass is 10.4. The molecule has 0 spiro atoms. The number of nitrogen functional groups attached to an aromatic ring is 1. The molecule has 0 saturated heterocycles. The van der Waals surface area contributed by atoms with Gasteiger partial charge in [-0.05, 0) is 24.6 Å². The normalized spacial score (nSPS) is 14.9. The van der Waals surface area contributed by atoms with E-state index < -0.39 is 0 Å². The molecule has 0 amide bonds. The monoisotopic (exact) mass is 248 g/mol. The third kappa shape index (κ3) is 2.40. The minimum absolute atomic E-state index is 0.499. The highest BCUT2D eigenvalue weighted by Crippen LogP contribution is 2.39. The van der Waals surface area contributed by atoms with Crippen LogP contribution >= 0.6 is 11.8 Å². The van der Waals surface area contributed by atoms with Crippen molar-refractivity contribution in [3.8, 4) is 0 Å². The first-order valence-electron chi connectivity index (χ1n) is 5.38. The number of H-pyrrole nitrogens is 1. The maximum atomic E-state index is 5.41. The number of aromatic nitrogens is 4. The summed E-state index contributed by atoms with van der Waals surface area (Å²) < 4.78 is 0. The van der Waals surface area contributed by atoms with Crippen LogP contribution in [0.5, 0.6) is 0 Å². The Kier molecular flexibility index (Phi) is 2.69. The van der Waals surface area contributed by atoms with Crippen LogP contribution in [0, 0.1) is 0 Å². The van der Waals surface area contributed by atoms with E-state index in [0.29, 0.717) is 11.7 Å². The van der Waals surface area contributed by atoms with Gasteiger partial charge in [0.05, 0.1) is 0 Å². The van der Waals surface area contributed by atoms with Gasteiger partial charge in [-0.1, -0.05) is 0 Å². The molecule has 0 bridgehead atoms. The molecule has 0 unspecified atom stereocenters. The minimum Gasteiger partial charge on any atom is -0.339 e. The lowest BCUT2D eigenvalue weighted by Gasteiger charge is -2.05. The van der Waals surface area contributed by atoms with Gasteiger partial charge in [-0.25, -0.2) is 20.8 Å². The summed E-state index contributed by atoms with van der Waals surface area (Å²) >= 11 is 1.47. The Morgan fingerprint density at radius 3 is 2.94 bits per heavy atom. The van der Waals surface area contributed by atoms with Crippen LogP contribution in [-0.4, -0.2) is 19.9 Å². The van der Waals surface area contributed by atoms with Gasteiger partial charge in [0.25, 0.3) is 0 Å². The van der Waals surface area contributed by atoms with Crippen molar-refractivity contribution in [1.82, 2.24) is 19.9 Å².